The third-order valence-electron chi connectivity index (χ3n) is 7.42. The van der Waals surface area contributed by atoms with Gasteiger partial charge in [0, 0.05) is 41.9 Å². The zero-order valence-corrected chi connectivity index (χ0v) is 21.4. The molecule has 2 N–H and O–H groups in total. The summed E-state index contributed by atoms with van der Waals surface area (Å²) in [7, 11) is 0. The molecule has 4 heterocycles. The molecule has 0 aliphatic carbocycles. The maximum Gasteiger partial charge on any atom is 0.225 e. The number of pyridine rings is 1. The Bertz CT molecular complexity index is 1390. The molecule has 1 amide bonds. The molecular formula is C29H36N4O2. The highest BCUT2D eigenvalue weighted by molar-refractivity contribution is 5.92. The number of hydrogen-bond acceptors (Lipinski definition) is 3. The second-order valence-corrected chi connectivity index (χ2v) is 10.6. The van der Waals surface area contributed by atoms with Crippen molar-refractivity contribution in [3.63, 3.8) is 0 Å². The van der Waals surface area contributed by atoms with Crippen LogP contribution >= 0.6 is 0 Å². The van der Waals surface area contributed by atoms with Crippen LogP contribution in [0.2, 0.25) is 0 Å². The number of piperidine rings is 1. The molecule has 0 radical (unpaired) electrons. The average molecular weight is 473 g/mol. The van der Waals surface area contributed by atoms with E-state index in [0.717, 1.165) is 37.3 Å². The Morgan fingerprint density at radius 1 is 1.14 bits per heavy atom. The summed E-state index contributed by atoms with van der Waals surface area (Å²) in [6.07, 6.45) is 5.82. The predicted octanol–water partition coefficient (Wildman–Crippen LogP) is 5.70. The number of hydrogen-bond donors (Lipinski definition) is 2. The van der Waals surface area contributed by atoms with Crippen molar-refractivity contribution in [1.82, 2.24) is 19.3 Å². The van der Waals surface area contributed by atoms with Gasteiger partial charge in [0.05, 0.1) is 23.9 Å². The van der Waals surface area contributed by atoms with Gasteiger partial charge in [0.2, 0.25) is 5.91 Å². The summed E-state index contributed by atoms with van der Waals surface area (Å²) in [4.78, 5) is 22.6. The maximum absolute atomic E-state index is 12.4. The third-order valence-corrected chi connectivity index (χ3v) is 7.42. The first-order chi connectivity index (χ1) is 16.7. The standard InChI is InChI=1S/C29H36N4O2/c1-17(2)28-23-14-22(21-8-10-32(11-9-21)27(35)13-20(5)34)6-7-25(23)31-29(28)24-16-33-15-19(4)30-26(33)12-18(24)3/h6-7,12,14-17,20-21,31,34H,8-11,13H2,1-5H3. The van der Waals surface area contributed by atoms with Gasteiger partial charge in [-0.25, -0.2) is 4.98 Å². The van der Waals surface area contributed by atoms with Crippen LogP contribution in [0.4, 0.5) is 0 Å². The first kappa shape index (κ1) is 23.6. The second kappa shape index (κ2) is 9.15. The zero-order valence-electron chi connectivity index (χ0n) is 21.4. The van der Waals surface area contributed by atoms with Gasteiger partial charge in [-0.3, -0.25) is 4.79 Å². The molecule has 0 spiro atoms. The molecule has 1 aliphatic heterocycles. The molecule has 0 bridgehead atoms. The maximum atomic E-state index is 12.4. The number of aliphatic hydroxyl groups excluding tert-OH is 1. The van der Waals surface area contributed by atoms with Crippen LogP contribution in [0.15, 0.2) is 36.7 Å². The van der Waals surface area contributed by atoms with Gasteiger partial charge in [0.15, 0.2) is 0 Å². The Hall–Kier alpha value is -3.12. The first-order valence-corrected chi connectivity index (χ1v) is 12.8. The normalized spacial score (nSPS) is 16.0. The fraction of sp³-hybridized carbons (Fsp3) is 0.448. The van der Waals surface area contributed by atoms with Crippen LogP contribution in [0.5, 0.6) is 0 Å². The second-order valence-electron chi connectivity index (χ2n) is 10.6. The van der Waals surface area contributed by atoms with Crippen LogP contribution in [-0.4, -0.2) is 49.5 Å². The number of imidazole rings is 1. The van der Waals surface area contributed by atoms with Crippen molar-refractivity contribution in [3.8, 4) is 11.3 Å². The van der Waals surface area contributed by atoms with E-state index >= 15 is 0 Å². The van der Waals surface area contributed by atoms with E-state index in [-0.39, 0.29) is 12.3 Å². The SMILES string of the molecule is Cc1cn2cc(-c3[nH]c4ccc(C5CCN(C(=O)CC(C)O)CC5)cc4c3C(C)C)c(C)cc2n1. The van der Waals surface area contributed by atoms with Gasteiger partial charge < -0.3 is 19.4 Å². The molecule has 6 nitrogen and oxygen atoms in total. The molecule has 184 valence electrons. The van der Waals surface area contributed by atoms with E-state index in [4.69, 9.17) is 0 Å². The number of amides is 1. The number of carbonyl (C=O) groups excluding carboxylic acids is 1. The monoisotopic (exact) mass is 472 g/mol. The highest BCUT2D eigenvalue weighted by Crippen LogP contribution is 2.39. The summed E-state index contributed by atoms with van der Waals surface area (Å²) in [5, 5.41) is 10.8. The summed E-state index contributed by atoms with van der Waals surface area (Å²) in [5.74, 6) is 0.876. The number of aryl methyl sites for hydroxylation is 2. The number of nitrogens with zero attached hydrogens (tertiary/aromatic N) is 3. The number of rotatable bonds is 5. The molecule has 6 heteroatoms. The van der Waals surface area contributed by atoms with Gasteiger partial charge in [-0.1, -0.05) is 19.9 Å². The molecule has 4 aromatic rings. The highest BCUT2D eigenvalue weighted by atomic mass is 16.3. The molecule has 1 unspecified atom stereocenters. The van der Waals surface area contributed by atoms with Crippen LogP contribution in [0.1, 0.15) is 74.3 Å². The average Bonchev–Trinajstić information content (AvgIpc) is 3.36. The summed E-state index contributed by atoms with van der Waals surface area (Å²) >= 11 is 0. The van der Waals surface area contributed by atoms with E-state index in [1.54, 1.807) is 6.92 Å². The van der Waals surface area contributed by atoms with Gasteiger partial charge in [-0.2, -0.15) is 0 Å². The lowest BCUT2D eigenvalue weighted by molar-refractivity contribution is -0.134. The molecule has 5 rings (SSSR count). The number of fused-ring (bicyclic) bond motifs is 2. The minimum Gasteiger partial charge on any atom is -0.393 e. The fourth-order valence-corrected chi connectivity index (χ4v) is 5.66. The lowest BCUT2D eigenvalue weighted by Crippen LogP contribution is -2.39. The molecule has 1 aliphatic rings. The van der Waals surface area contributed by atoms with Crippen molar-refractivity contribution in [2.45, 2.75) is 71.8 Å². The van der Waals surface area contributed by atoms with E-state index in [9.17, 15) is 9.90 Å². The van der Waals surface area contributed by atoms with Gasteiger partial charge in [0.1, 0.15) is 5.65 Å². The lowest BCUT2D eigenvalue weighted by Gasteiger charge is -2.32. The largest absolute Gasteiger partial charge is 0.393 e. The number of H-pyrrole nitrogens is 1. The van der Waals surface area contributed by atoms with E-state index in [0.29, 0.717) is 11.8 Å². The molecule has 1 fully saturated rings. The Balaban J connectivity index is 1.48. The fourth-order valence-electron chi connectivity index (χ4n) is 5.66. The van der Waals surface area contributed by atoms with E-state index in [1.807, 2.05) is 11.8 Å². The van der Waals surface area contributed by atoms with Crippen molar-refractivity contribution in [2.24, 2.45) is 0 Å². The smallest absolute Gasteiger partial charge is 0.225 e. The van der Waals surface area contributed by atoms with Crippen LogP contribution < -0.4 is 0 Å². The van der Waals surface area contributed by atoms with Crippen LogP contribution in [0.3, 0.4) is 0 Å². The summed E-state index contributed by atoms with van der Waals surface area (Å²) in [6, 6.07) is 9.01. The predicted molar refractivity (Wildman–Crippen MR) is 141 cm³/mol. The highest BCUT2D eigenvalue weighted by Gasteiger charge is 2.26. The van der Waals surface area contributed by atoms with Crippen molar-refractivity contribution < 1.29 is 9.90 Å². The first-order valence-electron chi connectivity index (χ1n) is 12.8. The number of aliphatic hydroxyl groups is 1. The van der Waals surface area contributed by atoms with Crippen molar-refractivity contribution in [3.05, 3.63) is 59.0 Å². The number of aromatic nitrogens is 3. The number of likely N-dealkylation sites (tertiary alicyclic amines) is 1. The van der Waals surface area contributed by atoms with Crippen LogP contribution in [0.25, 0.3) is 27.8 Å². The number of carbonyl (C=O) groups is 1. The van der Waals surface area contributed by atoms with Crippen LogP contribution in [0, 0.1) is 13.8 Å². The van der Waals surface area contributed by atoms with Crippen molar-refractivity contribution in [1.29, 1.82) is 0 Å². The molecule has 1 saturated heterocycles. The summed E-state index contributed by atoms with van der Waals surface area (Å²) in [6.45, 7) is 11.9. The Labute approximate surface area is 207 Å². The molecule has 1 atom stereocenters. The van der Waals surface area contributed by atoms with Crippen LogP contribution in [-0.2, 0) is 4.79 Å². The number of benzene rings is 1. The van der Waals surface area contributed by atoms with Crippen molar-refractivity contribution in [2.75, 3.05) is 13.1 Å². The van der Waals surface area contributed by atoms with E-state index in [2.05, 4.69) is 71.8 Å². The van der Waals surface area contributed by atoms with Gasteiger partial charge in [-0.15, -0.1) is 0 Å². The topological polar surface area (TPSA) is 73.6 Å². The minimum absolute atomic E-state index is 0.0618. The van der Waals surface area contributed by atoms with Gasteiger partial charge in [-0.05, 0) is 80.3 Å². The third kappa shape index (κ3) is 4.47. The quantitative estimate of drug-likeness (QED) is 0.391. The Kier molecular flexibility index (Phi) is 6.18. The summed E-state index contributed by atoms with van der Waals surface area (Å²) < 4.78 is 2.12. The molecule has 1 aromatic carbocycles. The van der Waals surface area contributed by atoms with Gasteiger partial charge in [0.25, 0.3) is 0 Å². The molecular weight excluding hydrogens is 436 g/mol. The van der Waals surface area contributed by atoms with E-state index in [1.165, 1.54) is 38.9 Å². The molecule has 0 saturated carbocycles. The number of aromatic amines is 1. The minimum atomic E-state index is -0.581. The van der Waals surface area contributed by atoms with Crippen molar-refractivity contribution >= 4 is 22.5 Å². The Morgan fingerprint density at radius 2 is 1.89 bits per heavy atom. The summed E-state index contributed by atoms with van der Waals surface area (Å²) in [5.41, 5.74) is 9.48. The lowest BCUT2D eigenvalue weighted by atomic mass is 9.87. The Morgan fingerprint density at radius 3 is 2.57 bits per heavy atom. The number of nitrogens with one attached hydrogen (secondary N) is 1. The van der Waals surface area contributed by atoms with E-state index < -0.39 is 6.10 Å². The van der Waals surface area contributed by atoms with Gasteiger partial charge >= 0.3 is 0 Å². The molecule has 35 heavy (non-hydrogen) atoms. The zero-order chi connectivity index (χ0) is 24.9. The molecule has 3 aromatic heterocycles.